The second-order valence-electron chi connectivity index (χ2n) is 5.30. The maximum Gasteiger partial charge on any atom is 0.376 e. The number of ether oxygens (including phenoxy) is 2. The van der Waals surface area contributed by atoms with Gasteiger partial charge in [-0.2, -0.15) is 0 Å². The Labute approximate surface area is 113 Å². The topological polar surface area (TPSA) is 66.2 Å². The first kappa shape index (κ1) is 14.0. The molecule has 0 bridgehead atoms. The quantitative estimate of drug-likeness (QED) is 0.775. The van der Waals surface area contributed by atoms with Gasteiger partial charge in [0.05, 0.1) is 6.61 Å². The normalized spacial score (nSPS) is 18.3. The molecule has 1 aliphatic heterocycles. The van der Waals surface area contributed by atoms with E-state index in [0.717, 1.165) is 38.4 Å². The van der Waals surface area contributed by atoms with Crippen molar-refractivity contribution in [3.05, 3.63) is 11.6 Å². The lowest BCUT2D eigenvalue weighted by Gasteiger charge is -2.34. The van der Waals surface area contributed by atoms with E-state index in [-0.39, 0.29) is 5.41 Å². The molecule has 2 heterocycles. The van der Waals surface area contributed by atoms with Crippen LogP contribution in [-0.2, 0) is 16.0 Å². The number of aryl methyl sites for hydroxylation is 1. The van der Waals surface area contributed by atoms with Crippen molar-refractivity contribution in [3.8, 4) is 0 Å². The molecule has 6 heteroatoms. The molecule has 0 aliphatic carbocycles. The Morgan fingerprint density at radius 2 is 2.11 bits per heavy atom. The van der Waals surface area contributed by atoms with E-state index in [1.807, 2.05) is 11.5 Å². The van der Waals surface area contributed by atoms with Crippen LogP contribution in [0.4, 0.5) is 0 Å². The van der Waals surface area contributed by atoms with Gasteiger partial charge in [-0.05, 0) is 32.1 Å². The van der Waals surface area contributed by atoms with Gasteiger partial charge in [0.1, 0.15) is 5.82 Å². The Morgan fingerprint density at radius 3 is 2.74 bits per heavy atom. The van der Waals surface area contributed by atoms with Gasteiger partial charge in [-0.3, -0.25) is 0 Å². The number of rotatable bonds is 4. The van der Waals surface area contributed by atoms with Crippen molar-refractivity contribution >= 4 is 5.97 Å². The average molecular weight is 267 g/mol. The molecule has 1 aromatic heterocycles. The van der Waals surface area contributed by atoms with Crippen LogP contribution in [-0.4, -0.2) is 40.6 Å². The summed E-state index contributed by atoms with van der Waals surface area (Å²) in [6, 6.07) is 0. The molecule has 2 rings (SSSR count). The minimum atomic E-state index is -0.404. The van der Waals surface area contributed by atoms with E-state index in [1.54, 1.807) is 6.92 Å². The third-order valence-corrected chi connectivity index (χ3v) is 3.63. The summed E-state index contributed by atoms with van der Waals surface area (Å²) in [6.45, 7) is 8.46. The maximum absolute atomic E-state index is 11.9. The highest BCUT2D eigenvalue weighted by Crippen LogP contribution is 2.32. The molecule has 19 heavy (non-hydrogen) atoms. The molecule has 1 saturated heterocycles. The first-order valence-electron chi connectivity index (χ1n) is 6.70. The van der Waals surface area contributed by atoms with Crippen molar-refractivity contribution in [3.63, 3.8) is 0 Å². The number of nitrogens with zero attached hydrogens (tertiary/aromatic N) is 3. The summed E-state index contributed by atoms with van der Waals surface area (Å²) < 4.78 is 12.3. The molecule has 6 nitrogen and oxygen atoms in total. The van der Waals surface area contributed by atoms with Gasteiger partial charge in [0.2, 0.25) is 5.82 Å². The largest absolute Gasteiger partial charge is 0.460 e. The molecule has 0 saturated carbocycles. The Bertz CT molecular complexity index is 450. The Kier molecular flexibility index (Phi) is 4.19. The van der Waals surface area contributed by atoms with Gasteiger partial charge in [-0.25, -0.2) is 4.79 Å². The molecule has 0 radical (unpaired) electrons. The van der Waals surface area contributed by atoms with Gasteiger partial charge >= 0.3 is 5.97 Å². The second kappa shape index (κ2) is 5.69. The monoisotopic (exact) mass is 267 g/mol. The molecule has 0 N–H and O–H groups in total. The number of esters is 1. The highest BCUT2D eigenvalue weighted by Gasteiger charge is 2.30. The lowest BCUT2D eigenvalue weighted by atomic mass is 9.82. The fraction of sp³-hybridized carbons (Fsp3) is 0.769. The fourth-order valence-electron chi connectivity index (χ4n) is 2.32. The molecule has 1 fully saturated rings. The average Bonchev–Trinajstić information content (AvgIpc) is 2.72. The molecule has 0 aromatic carbocycles. The van der Waals surface area contributed by atoms with E-state index < -0.39 is 5.97 Å². The van der Waals surface area contributed by atoms with Gasteiger partial charge in [-0.1, -0.05) is 6.92 Å². The van der Waals surface area contributed by atoms with Crippen LogP contribution < -0.4 is 0 Å². The van der Waals surface area contributed by atoms with Crippen molar-refractivity contribution < 1.29 is 14.3 Å². The van der Waals surface area contributed by atoms with Gasteiger partial charge in [-0.15, -0.1) is 10.2 Å². The summed E-state index contributed by atoms with van der Waals surface area (Å²) in [4.78, 5) is 11.9. The van der Waals surface area contributed by atoms with Crippen LogP contribution in [0, 0.1) is 12.3 Å². The predicted octanol–water partition coefficient (Wildman–Crippen LogP) is 1.58. The van der Waals surface area contributed by atoms with Crippen LogP contribution in [0.5, 0.6) is 0 Å². The van der Waals surface area contributed by atoms with E-state index in [2.05, 4.69) is 17.1 Å². The number of hydrogen-bond donors (Lipinski definition) is 0. The zero-order valence-corrected chi connectivity index (χ0v) is 11.8. The Balaban J connectivity index is 2.19. The fourth-order valence-corrected chi connectivity index (χ4v) is 2.32. The van der Waals surface area contributed by atoms with Crippen LogP contribution in [0.25, 0.3) is 0 Å². The SMILES string of the molecule is CCOC(=O)c1nnc(C)n1CC1(C)CCOCC1. The summed E-state index contributed by atoms with van der Waals surface area (Å²) in [7, 11) is 0. The van der Waals surface area contributed by atoms with Crippen LogP contribution >= 0.6 is 0 Å². The molecule has 0 amide bonds. The van der Waals surface area contributed by atoms with Gasteiger partial charge in [0.15, 0.2) is 0 Å². The smallest absolute Gasteiger partial charge is 0.376 e. The lowest BCUT2D eigenvalue weighted by Crippen LogP contribution is -2.32. The summed E-state index contributed by atoms with van der Waals surface area (Å²) in [5, 5.41) is 7.94. The maximum atomic E-state index is 11.9. The molecule has 1 aromatic rings. The van der Waals surface area contributed by atoms with E-state index >= 15 is 0 Å². The summed E-state index contributed by atoms with van der Waals surface area (Å²) >= 11 is 0. The van der Waals surface area contributed by atoms with Crippen LogP contribution in [0.2, 0.25) is 0 Å². The number of carbonyl (C=O) groups is 1. The number of aromatic nitrogens is 3. The minimum Gasteiger partial charge on any atom is -0.460 e. The van der Waals surface area contributed by atoms with Crippen molar-refractivity contribution in [1.82, 2.24) is 14.8 Å². The van der Waals surface area contributed by atoms with Crippen LogP contribution in [0.15, 0.2) is 0 Å². The zero-order chi connectivity index (χ0) is 13.9. The lowest BCUT2D eigenvalue weighted by molar-refractivity contribution is 0.0142. The van der Waals surface area contributed by atoms with Crippen LogP contribution in [0.3, 0.4) is 0 Å². The summed E-state index contributed by atoms with van der Waals surface area (Å²) in [5.41, 5.74) is 0.118. The minimum absolute atomic E-state index is 0.118. The summed E-state index contributed by atoms with van der Waals surface area (Å²) in [5.74, 6) is 0.640. The van der Waals surface area contributed by atoms with E-state index in [1.165, 1.54) is 0 Å². The Morgan fingerprint density at radius 1 is 1.42 bits per heavy atom. The van der Waals surface area contributed by atoms with E-state index in [9.17, 15) is 4.79 Å². The molecule has 106 valence electrons. The standard InChI is InChI=1S/C13H21N3O3/c1-4-19-12(17)11-15-14-10(2)16(11)9-13(3)5-7-18-8-6-13/h4-9H2,1-3H3. The van der Waals surface area contributed by atoms with Gasteiger partial charge < -0.3 is 14.0 Å². The van der Waals surface area contributed by atoms with Crippen molar-refractivity contribution in [2.24, 2.45) is 5.41 Å². The highest BCUT2D eigenvalue weighted by molar-refractivity contribution is 5.85. The van der Waals surface area contributed by atoms with Crippen LogP contribution in [0.1, 0.15) is 43.1 Å². The molecule has 1 aliphatic rings. The molecule has 0 unspecified atom stereocenters. The molecular formula is C13H21N3O3. The molecular weight excluding hydrogens is 246 g/mol. The first-order valence-corrected chi connectivity index (χ1v) is 6.70. The third kappa shape index (κ3) is 3.12. The second-order valence-corrected chi connectivity index (χ2v) is 5.30. The third-order valence-electron chi connectivity index (χ3n) is 3.63. The molecule has 0 atom stereocenters. The number of carbonyl (C=O) groups excluding carboxylic acids is 1. The first-order chi connectivity index (χ1) is 9.06. The van der Waals surface area contributed by atoms with Crippen molar-refractivity contribution in [2.45, 2.75) is 40.2 Å². The van der Waals surface area contributed by atoms with E-state index in [4.69, 9.17) is 9.47 Å². The Hall–Kier alpha value is -1.43. The highest BCUT2D eigenvalue weighted by atomic mass is 16.5. The zero-order valence-electron chi connectivity index (χ0n) is 11.8. The van der Waals surface area contributed by atoms with Crippen molar-refractivity contribution in [1.29, 1.82) is 0 Å². The van der Waals surface area contributed by atoms with E-state index in [0.29, 0.717) is 12.4 Å². The summed E-state index contributed by atoms with van der Waals surface area (Å²) in [6.07, 6.45) is 1.96. The van der Waals surface area contributed by atoms with Crippen molar-refractivity contribution in [2.75, 3.05) is 19.8 Å². The van der Waals surface area contributed by atoms with Gasteiger partial charge in [0.25, 0.3) is 0 Å². The molecule has 0 spiro atoms. The van der Waals surface area contributed by atoms with Gasteiger partial charge in [0, 0.05) is 19.8 Å². The predicted molar refractivity (Wildman–Crippen MR) is 68.9 cm³/mol. The number of hydrogen-bond acceptors (Lipinski definition) is 5.